The maximum Gasteiger partial charge on any atom is 0.320 e. The van der Waals surface area contributed by atoms with Gasteiger partial charge in [-0.05, 0) is 31.7 Å². The topological polar surface area (TPSA) is 49.3 Å². The van der Waals surface area contributed by atoms with Gasteiger partial charge in [0.1, 0.15) is 6.04 Å². The number of hydrogen-bond acceptors (Lipinski definition) is 3. The smallest absolute Gasteiger partial charge is 0.320 e. The lowest BCUT2D eigenvalue weighted by molar-refractivity contribution is -0.139. The fourth-order valence-corrected chi connectivity index (χ4v) is 2.57. The number of benzene rings is 1. The highest BCUT2D eigenvalue weighted by Crippen LogP contribution is 2.28. The summed E-state index contributed by atoms with van der Waals surface area (Å²) in [6.07, 6.45) is 0.552. The first-order valence-corrected chi connectivity index (χ1v) is 6.76. The Labute approximate surface area is 114 Å². The molecule has 3 nitrogen and oxygen atoms in total. The van der Waals surface area contributed by atoms with E-state index in [1.165, 1.54) is 0 Å². The molecule has 0 spiro atoms. The Hall–Kier alpha value is -0.420. The van der Waals surface area contributed by atoms with Crippen LogP contribution in [-0.4, -0.2) is 29.9 Å². The van der Waals surface area contributed by atoms with Crippen molar-refractivity contribution in [2.45, 2.75) is 17.4 Å². The Morgan fingerprint density at radius 1 is 1.47 bits per heavy atom. The van der Waals surface area contributed by atoms with Crippen molar-refractivity contribution in [1.29, 1.82) is 0 Å². The standard InChI is InChI=1S/C11H13Cl2NO2S/c1-14-10(11(15)16)4-5-17-7-2-3-8(12)9(13)6-7/h2-3,6,10,14H,4-5H2,1H3,(H,15,16). The molecular weight excluding hydrogens is 281 g/mol. The van der Waals surface area contributed by atoms with Gasteiger partial charge in [-0.15, -0.1) is 11.8 Å². The van der Waals surface area contributed by atoms with Crippen LogP contribution in [0.5, 0.6) is 0 Å². The second-order valence-electron chi connectivity index (χ2n) is 3.39. The summed E-state index contributed by atoms with van der Waals surface area (Å²) in [5.74, 6) is -0.127. The lowest BCUT2D eigenvalue weighted by Crippen LogP contribution is -2.34. The summed E-state index contributed by atoms with van der Waals surface area (Å²) in [5.41, 5.74) is 0. The molecule has 0 saturated heterocycles. The van der Waals surface area contributed by atoms with E-state index in [9.17, 15) is 4.79 Å². The molecule has 0 fully saturated rings. The highest BCUT2D eigenvalue weighted by Gasteiger charge is 2.14. The minimum Gasteiger partial charge on any atom is -0.480 e. The number of rotatable bonds is 6. The van der Waals surface area contributed by atoms with Gasteiger partial charge in [-0.25, -0.2) is 0 Å². The van der Waals surface area contributed by atoms with Crippen LogP contribution in [0, 0.1) is 0 Å². The second-order valence-corrected chi connectivity index (χ2v) is 5.38. The first-order chi connectivity index (χ1) is 8.04. The summed E-state index contributed by atoms with van der Waals surface area (Å²) in [4.78, 5) is 11.7. The number of carboxylic acids is 1. The Kier molecular flexibility index (Phi) is 6.12. The minimum absolute atomic E-state index is 0.509. The molecule has 94 valence electrons. The third-order valence-electron chi connectivity index (χ3n) is 2.21. The zero-order chi connectivity index (χ0) is 12.8. The molecule has 2 N–H and O–H groups in total. The minimum atomic E-state index is -0.831. The zero-order valence-corrected chi connectivity index (χ0v) is 11.6. The van der Waals surface area contributed by atoms with Gasteiger partial charge in [0.05, 0.1) is 10.0 Å². The van der Waals surface area contributed by atoms with E-state index in [1.807, 2.05) is 6.07 Å². The zero-order valence-electron chi connectivity index (χ0n) is 9.24. The van der Waals surface area contributed by atoms with Crippen molar-refractivity contribution < 1.29 is 9.90 Å². The highest BCUT2D eigenvalue weighted by atomic mass is 35.5. The van der Waals surface area contributed by atoms with Gasteiger partial charge in [0.25, 0.3) is 0 Å². The van der Waals surface area contributed by atoms with Crippen LogP contribution >= 0.6 is 35.0 Å². The molecule has 1 rings (SSSR count). The van der Waals surface area contributed by atoms with Crippen molar-refractivity contribution in [1.82, 2.24) is 5.32 Å². The van der Waals surface area contributed by atoms with E-state index in [4.69, 9.17) is 28.3 Å². The quantitative estimate of drug-likeness (QED) is 0.791. The van der Waals surface area contributed by atoms with E-state index in [-0.39, 0.29) is 0 Å². The van der Waals surface area contributed by atoms with Gasteiger partial charge in [-0.3, -0.25) is 4.79 Å². The number of nitrogens with one attached hydrogen (secondary N) is 1. The van der Waals surface area contributed by atoms with Gasteiger partial charge in [-0.1, -0.05) is 23.2 Å². The Morgan fingerprint density at radius 2 is 2.18 bits per heavy atom. The third kappa shape index (κ3) is 4.76. The predicted octanol–water partition coefficient (Wildman–Crippen LogP) is 3.15. The number of thioether (sulfide) groups is 1. The monoisotopic (exact) mass is 293 g/mol. The van der Waals surface area contributed by atoms with Crippen LogP contribution in [0.2, 0.25) is 10.0 Å². The summed E-state index contributed by atoms with van der Waals surface area (Å²) < 4.78 is 0. The largest absolute Gasteiger partial charge is 0.480 e. The van der Waals surface area contributed by atoms with E-state index >= 15 is 0 Å². The molecule has 1 unspecified atom stereocenters. The number of aliphatic carboxylic acids is 1. The number of likely N-dealkylation sites (N-methyl/N-ethyl adjacent to an activating group) is 1. The Bertz CT molecular complexity index is 401. The van der Waals surface area contributed by atoms with Crippen molar-refractivity contribution in [2.24, 2.45) is 0 Å². The van der Waals surface area contributed by atoms with Gasteiger partial charge in [0.15, 0.2) is 0 Å². The summed E-state index contributed by atoms with van der Waals surface area (Å²) in [6.45, 7) is 0. The molecule has 0 bridgehead atoms. The van der Waals surface area contributed by atoms with Crippen LogP contribution < -0.4 is 5.32 Å². The van der Waals surface area contributed by atoms with Crippen LogP contribution in [0.25, 0.3) is 0 Å². The number of halogens is 2. The molecule has 17 heavy (non-hydrogen) atoms. The lowest BCUT2D eigenvalue weighted by Gasteiger charge is -2.10. The van der Waals surface area contributed by atoms with Crippen molar-refractivity contribution in [3.8, 4) is 0 Å². The summed E-state index contributed by atoms with van der Waals surface area (Å²) in [5, 5.41) is 12.6. The van der Waals surface area contributed by atoms with Crippen LogP contribution in [-0.2, 0) is 4.79 Å². The van der Waals surface area contributed by atoms with Crippen LogP contribution in [0.3, 0.4) is 0 Å². The van der Waals surface area contributed by atoms with Crippen LogP contribution in [0.15, 0.2) is 23.1 Å². The fraction of sp³-hybridized carbons (Fsp3) is 0.364. The number of carboxylic acid groups (broad SMARTS) is 1. The molecule has 1 aromatic carbocycles. The maximum atomic E-state index is 10.8. The summed E-state index contributed by atoms with van der Waals surface area (Å²) in [7, 11) is 1.64. The van der Waals surface area contributed by atoms with Crippen molar-refractivity contribution in [2.75, 3.05) is 12.8 Å². The van der Waals surface area contributed by atoms with Gasteiger partial charge >= 0.3 is 5.97 Å². The molecule has 0 saturated carbocycles. The molecule has 0 aliphatic carbocycles. The van der Waals surface area contributed by atoms with Crippen molar-refractivity contribution >= 4 is 40.9 Å². The van der Waals surface area contributed by atoms with Gasteiger partial charge < -0.3 is 10.4 Å². The highest BCUT2D eigenvalue weighted by molar-refractivity contribution is 7.99. The third-order valence-corrected chi connectivity index (χ3v) is 3.98. The predicted molar refractivity (Wildman–Crippen MR) is 72.3 cm³/mol. The van der Waals surface area contributed by atoms with E-state index in [1.54, 1.807) is 30.9 Å². The molecule has 0 heterocycles. The van der Waals surface area contributed by atoms with E-state index in [2.05, 4.69) is 5.32 Å². The molecular formula is C11H13Cl2NO2S. The first-order valence-electron chi connectivity index (χ1n) is 5.02. The Morgan fingerprint density at radius 3 is 2.71 bits per heavy atom. The van der Waals surface area contributed by atoms with Crippen molar-refractivity contribution in [3.63, 3.8) is 0 Å². The summed E-state index contributed by atoms with van der Waals surface area (Å²) in [6, 6.07) is 4.88. The van der Waals surface area contributed by atoms with Crippen molar-refractivity contribution in [3.05, 3.63) is 28.2 Å². The average Bonchev–Trinajstić information content (AvgIpc) is 2.28. The van der Waals surface area contributed by atoms with Crippen LogP contribution in [0.4, 0.5) is 0 Å². The SMILES string of the molecule is CNC(CCSc1ccc(Cl)c(Cl)c1)C(=O)O. The number of carbonyl (C=O) groups is 1. The normalized spacial score (nSPS) is 12.4. The maximum absolute atomic E-state index is 10.8. The van der Waals surface area contributed by atoms with Gasteiger partial charge in [0.2, 0.25) is 0 Å². The molecule has 0 amide bonds. The van der Waals surface area contributed by atoms with Gasteiger partial charge in [-0.2, -0.15) is 0 Å². The number of hydrogen-bond donors (Lipinski definition) is 2. The second kappa shape index (κ2) is 7.11. The summed E-state index contributed by atoms with van der Waals surface area (Å²) >= 11 is 13.2. The van der Waals surface area contributed by atoms with E-state index in [0.29, 0.717) is 22.2 Å². The fourth-order valence-electron chi connectivity index (χ4n) is 1.25. The molecule has 0 aliphatic rings. The molecule has 0 aromatic heterocycles. The molecule has 6 heteroatoms. The van der Waals surface area contributed by atoms with E-state index in [0.717, 1.165) is 4.90 Å². The van der Waals surface area contributed by atoms with E-state index < -0.39 is 12.0 Å². The first kappa shape index (κ1) is 14.6. The van der Waals surface area contributed by atoms with Gasteiger partial charge in [0, 0.05) is 10.6 Å². The molecule has 0 radical (unpaired) electrons. The molecule has 0 aliphatic heterocycles. The van der Waals surface area contributed by atoms with Crippen LogP contribution in [0.1, 0.15) is 6.42 Å². The lowest BCUT2D eigenvalue weighted by atomic mass is 10.2. The molecule has 1 aromatic rings. The average molecular weight is 294 g/mol. The Balaban J connectivity index is 2.45. The molecule has 1 atom stereocenters.